The minimum Gasteiger partial charge on any atom is -0.508 e. The van der Waals surface area contributed by atoms with E-state index in [0.717, 1.165) is 10.6 Å². The molecule has 6 nitrogen and oxygen atoms in total. The number of rotatable bonds is 2. The maximum atomic E-state index is 13.4. The van der Waals surface area contributed by atoms with Gasteiger partial charge in [0.15, 0.2) is 11.5 Å². The van der Waals surface area contributed by atoms with Gasteiger partial charge < -0.3 is 10.1 Å². The van der Waals surface area contributed by atoms with E-state index in [4.69, 9.17) is 0 Å². The van der Waals surface area contributed by atoms with Gasteiger partial charge in [-0.1, -0.05) is 24.3 Å². The third-order valence-electron chi connectivity index (χ3n) is 3.98. The van der Waals surface area contributed by atoms with E-state index >= 15 is 0 Å². The van der Waals surface area contributed by atoms with Crippen molar-refractivity contribution < 1.29 is 18.3 Å². The van der Waals surface area contributed by atoms with Gasteiger partial charge in [0.25, 0.3) is 0 Å². The smallest absolute Gasteiger partial charge is 0.418 e. The normalized spacial score (nSPS) is 11.8. The molecule has 4 aromatic rings. The Balaban J connectivity index is 1.99. The highest BCUT2D eigenvalue weighted by Crippen LogP contribution is 2.34. The first-order valence-corrected chi connectivity index (χ1v) is 7.78. The number of alkyl halides is 3. The van der Waals surface area contributed by atoms with Crippen molar-refractivity contribution in [3.8, 4) is 22.8 Å². The molecule has 0 atom stereocenters. The Bertz CT molecular complexity index is 1210. The van der Waals surface area contributed by atoms with Crippen molar-refractivity contribution in [1.29, 1.82) is 0 Å². The second-order valence-corrected chi connectivity index (χ2v) is 5.76. The number of fused-ring (bicyclic) bond motifs is 1. The quantitative estimate of drug-likeness (QED) is 0.564. The molecule has 9 heteroatoms. The Morgan fingerprint density at radius 3 is 2.59 bits per heavy atom. The predicted octanol–water partition coefficient (Wildman–Crippen LogP) is 3.50. The Hall–Kier alpha value is -3.62. The number of aromatic nitrogens is 4. The SMILES string of the molecule is O=c1[nH]c2cnc(-c3cccc(O)c3)nc2n1-c1ccccc1C(F)(F)F. The van der Waals surface area contributed by atoms with Crippen molar-refractivity contribution >= 4 is 11.2 Å². The molecule has 4 rings (SSSR count). The van der Waals surface area contributed by atoms with Crippen LogP contribution >= 0.6 is 0 Å². The van der Waals surface area contributed by atoms with E-state index in [0.29, 0.717) is 5.56 Å². The molecular formula is C18H11F3N4O2. The molecule has 0 saturated heterocycles. The van der Waals surface area contributed by atoms with Gasteiger partial charge in [-0.15, -0.1) is 0 Å². The molecule has 0 spiro atoms. The highest BCUT2D eigenvalue weighted by atomic mass is 19.4. The lowest BCUT2D eigenvalue weighted by molar-refractivity contribution is -0.137. The molecule has 0 amide bonds. The predicted molar refractivity (Wildman–Crippen MR) is 91.6 cm³/mol. The van der Waals surface area contributed by atoms with Crippen LogP contribution in [-0.2, 0) is 6.18 Å². The molecule has 2 aromatic heterocycles. The summed E-state index contributed by atoms with van der Waals surface area (Å²) in [6.45, 7) is 0. The topological polar surface area (TPSA) is 83.8 Å². The maximum Gasteiger partial charge on any atom is 0.418 e. The number of aromatic amines is 1. The number of phenols is 1. The Kier molecular flexibility index (Phi) is 3.72. The van der Waals surface area contributed by atoms with Crippen molar-refractivity contribution in [2.75, 3.05) is 0 Å². The zero-order valence-corrected chi connectivity index (χ0v) is 13.5. The van der Waals surface area contributed by atoms with Gasteiger partial charge in [0.05, 0.1) is 17.4 Å². The molecule has 0 fully saturated rings. The summed E-state index contributed by atoms with van der Waals surface area (Å²) >= 11 is 0. The molecule has 0 aliphatic carbocycles. The molecule has 0 radical (unpaired) electrons. The van der Waals surface area contributed by atoms with Gasteiger partial charge in [0.2, 0.25) is 0 Å². The highest BCUT2D eigenvalue weighted by molar-refractivity contribution is 5.75. The fourth-order valence-electron chi connectivity index (χ4n) is 2.81. The van der Waals surface area contributed by atoms with Crippen molar-refractivity contribution in [1.82, 2.24) is 19.5 Å². The van der Waals surface area contributed by atoms with E-state index in [-0.39, 0.29) is 28.4 Å². The minimum atomic E-state index is -4.64. The molecule has 2 aromatic carbocycles. The first kappa shape index (κ1) is 16.8. The molecule has 0 aliphatic heterocycles. The van der Waals surface area contributed by atoms with Gasteiger partial charge in [0, 0.05) is 5.56 Å². The molecule has 0 unspecified atom stereocenters. The lowest BCUT2D eigenvalue weighted by Gasteiger charge is -2.13. The largest absolute Gasteiger partial charge is 0.508 e. The van der Waals surface area contributed by atoms with E-state index in [1.54, 1.807) is 12.1 Å². The zero-order valence-electron chi connectivity index (χ0n) is 13.5. The van der Waals surface area contributed by atoms with E-state index in [1.165, 1.54) is 36.5 Å². The van der Waals surface area contributed by atoms with Crippen LogP contribution in [0, 0.1) is 0 Å². The summed E-state index contributed by atoms with van der Waals surface area (Å²) in [5, 5.41) is 9.61. The standard InChI is InChI=1S/C18H11F3N4O2/c19-18(20,21)12-6-1-2-7-14(12)25-16-13(23-17(25)27)9-22-15(24-16)10-4-3-5-11(26)8-10/h1-9,26H,(H,23,27). The van der Waals surface area contributed by atoms with Crippen LogP contribution in [0.3, 0.4) is 0 Å². The number of halogens is 3. The van der Waals surface area contributed by atoms with Gasteiger partial charge in [0.1, 0.15) is 11.3 Å². The molecule has 0 bridgehead atoms. The van der Waals surface area contributed by atoms with Gasteiger partial charge in [-0.05, 0) is 24.3 Å². The molecular weight excluding hydrogens is 361 g/mol. The summed E-state index contributed by atoms with van der Waals surface area (Å²) in [6, 6.07) is 10.9. The van der Waals surface area contributed by atoms with Gasteiger partial charge in [-0.3, -0.25) is 0 Å². The van der Waals surface area contributed by atoms with Crippen molar-refractivity contribution in [2.45, 2.75) is 6.18 Å². The fourth-order valence-corrected chi connectivity index (χ4v) is 2.81. The average molecular weight is 372 g/mol. The fraction of sp³-hybridized carbons (Fsp3) is 0.0556. The summed E-state index contributed by atoms with van der Waals surface area (Å²) in [5.41, 5.74) is -1.39. The molecule has 27 heavy (non-hydrogen) atoms. The van der Waals surface area contributed by atoms with E-state index < -0.39 is 17.4 Å². The van der Waals surface area contributed by atoms with Crippen LogP contribution in [0.5, 0.6) is 5.75 Å². The number of hydrogen-bond acceptors (Lipinski definition) is 4. The summed E-state index contributed by atoms with van der Waals surface area (Å²) in [5.74, 6) is 0.153. The van der Waals surface area contributed by atoms with Crippen LogP contribution in [0.1, 0.15) is 5.56 Å². The summed E-state index contributed by atoms with van der Waals surface area (Å²) in [7, 11) is 0. The van der Waals surface area contributed by atoms with Crippen LogP contribution in [0.15, 0.2) is 59.5 Å². The minimum absolute atomic E-state index is 0.00467. The van der Waals surface area contributed by atoms with Crippen LogP contribution in [-0.4, -0.2) is 24.6 Å². The Morgan fingerprint density at radius 1 is 1.07 bits per heavy atom. The molecule has 2 N–H and O–H groups in total. The third-order valence-corrected chi connectivity index (χ3v) is 3.98. The zero-order chi connectivity index (χ0) is 19.2. The summed E-state index contributed by atoms with van der Waals surface area (Å²) < 4.78 is 41.0. The Labute approximate surface area is 149 Å². The third kappa shape index (κ3) is 2.92. The number of nitrogens with one attached hydrogen (secondary N) is 1. The van der Waals surface area contributed by atoms with Crippen molar-refractivity contribution in [3.05, 3.63) is 70.8 Å². The summed E-state index contributed by atoms with van der Waals surface area (Å²) in [6.07, 6.45) is -3.32. The van der Waals surface area contributed by atoms with E-state index in [1.807, 2.05) is 0 Å². The van der Waals surface area contributed by atoms with Crippen molar-refractivity contribution in [2.24, 2.45) is 0 Å². The molecule has 0 saturated carbocycles. The molecule has 136 valence electrons. The summed E-state index contributed by atoms with van der Waals surface area (Å²) in [4.78, 5) is 23.2. The monoisotopic (exact) mass is 372 g/mol. The highest BCUT2D eigenvalue weighted by Gasteiger charge is 2.34. The average Bonchev–Trinajstić information content (AvgIpc) is 2.95. The number of hydrogen-bond donors (Lipinski definition) is 2. The first-order valence-electron chi connectivity index (χ1n) is 7.78. The van der Waals surface area contributed by atoms with Crippen LogP contribution in [0.25, 0.3) is 28.2 Å². The number of aromatic hydroxyl groups is 1. The van der Waals surface area contributed by atoms with Crippen LogP contribution in [0.4, 0.5) is 13.2 Å². The number of H-pyrrole nitrogens is 1. The molecule has 2 heterocycles. The second-order valence-electron chi connectivity index (χ2n) is 5.76. The molecule has 0 aliphatic rings. The van der Waals surface area contributed by atoms with Crippen LogP contribution in [0.2, 0.25) is 0 Å². The lowest BCUT2D eigenvalue weighted by Crippen LogP contribution is -2.19. The van der Waals surface area contributed by atoms with Gasteiger partial charge in [-0.25, -0.2) is 19.3 Å². The second kappa shape index (κ2) is 5.97. The maximum absolute atomic E-state index is 13.4. The van der Waals surface area contributed by atoms with Gasteiger partial charge in [-0.2, -0.15) is 13.2 Å². The first-order chi connectivity index (χ1) is 12.8. The van der Waals surface area contributed by atoms with Gasteiger partial charge >= 0.3 is 11.9 Å². The van der Waals surface area contributed by atoms with Crippen LogP contribution < -0.4 is 5.69 Å². The number of benzene rings is 2. The van der Waals surface area contributed by atoms with Crippen molar-refractivity contribution in [3.63, 3.8) is 0 Å². The number of imidazole rings is 1. The number of phenolic OH excluding ortho intramolecular Hbond substituents is 1. The van der Waals surface area contributed by atoms with E-state index in [9.17, 15) is 23.1 Å². The Morgan fingerprint density at radius 2 is 1.85 bits per heavy atom. The number of para-hydroxylation sites is 1. The number of nitrogens with zero attached hydrogens (tertiary/aromatic N) is 3. The lowest BCUT2D eigenvalue weighted by atomic mass is 10.1. The van der Waals surface area contributed by atoms with E-state index in [2.05, 4.69) is 15.0 Å².